The Morgan fingerprint density at radius 1 is 1.16 bits per heavy atom. The van der Waals surface area contributed by atoms with E-state index in [0.717, 1.165) is 25.9 Å². The highest BCUT2D eigenvalue weighted by Crippen LogP contribution is 2.38. The molecule has 112 valence electrons. The average molecular weight is 269 g/mol. The van der Waals surface area contributed by atoms with Crippen molar-refractivity contribution in [2.75, 3.05) is 19.7 Å². The Bertz CT molecular complexity index is 264. The van der Waals surface area contributed by atoms with Crippen molar-refractivity contribution in [1.82, 2.24) is 4.90 Å². The fourth-order valence-electron chi connectivity index (χ4n) is 3.23. The minimum Gasteiger partial charge on any atom is -0.465 e. The summed E-state index contributed by atoms with van der Waals surface area (Å²) in [7, 11) is 0. The number of carbonyl (C=O) groups is 1. The minimum absolute atomic E-state index is 0.0170. The molecule has 1 heterocycles. The molecule has 0 radical (unpaired) electrons. The molecule has 0 saturated carbocycles. The molecule has 1 unspecified atom stereocenters. The van der Waals surface area contributed by atoms with E-state index in [4.69, 9.17) is 4.74 Å². The molecule has 1 aliphatic rings. The molecule has 1 aliphatic heterocycles. The highest BCUT2D eigenvalue weighted by molar-refractivity contribution is 5.75. The van der Waals surface area contributed by atoms with Crippen molar-refractivity contribution < 1.29 is 9.53 Å². The molecule has 1 rings (SSSR count). The van der Waals surface area contributed by atoms with Gasteiger partial charge in [0.1, 0.15) is 6.04 Å². The lowest BCUT2D eigenvalue weighted by Gasteiger charge is -2.43. The van der Waals surface area contributed by atoms with Crippen LogP contribution in [0.25, 0.3) is 0 Å². The first-order valence-electron chi connectivity index (χ1n) is 8.03. The van der Waals surface area contributed by atoms with Crippen LogP contribution in [0.3, 0.4) is 0 Å². The lowest BCUT2D eigenvalue weighted by molar-refractivity contribution is -0.151. The standard InChI is InChI=1S/C16H31NO2/c1-5-9-14(15(18)19-8-4)17-12-10-16(6-2,7-3)11-13-17/h14H,5-13H2,1-4H3. The van der Waals surface area contributed by atoms with Crippen molar-refractivity contribution in [1.29, 1.82) is 0 Å². The van der Waals surface area contributed by atoms with Crippen molar-refractivity contribution >= 4 is 5.97 Å². The molecule has 0 N–H and O–H groups in total. The predicted octanol–water partition coefficient (Wildman–Crippen LogP) is 3.62. The first-order chi connectivity index (χ1) is 9.12. The highest BCUT2D eigenvalue weighted by atomic mass is 16.5. The van der Waals surface area contributed by atoms with E-state index in [9.17, 15) is 4.79 Å². The SMILES string of the molecule is CCCC(C(=O)OCC)N1CCC(CC)(CC)CC1. The molecular formula is C16H31NO2. The first-order valence-corrected chi connectivity index (χ1v) is 8.03. The third-order valence-corrected chi connectivity index (χ3v) is 4.92. The highest BCUT2D eigenvalue weighted by Gasteiger charge is 2.35. The van der Waals surface area contributed by atoms with E-state index in [1.165, 1.54) is 25.7 Å². The van der Waals surface area contributed by atoms with Gasteiger partial charge in [-0.2, -0.15) is 0 Å². The van der Waals surface area contributed by atoms with Crippen molar-refractivity contribution in [3.8, 4) is 0 Å². The zero-order valence-corrected chi connectivity index (χ0v) is 13.2. The third kappa shape index (κ3) is 4.20. The van der Waals surface area contributed by atoms with Crippen LogP contribution in [0.15, 0.2) is 0 Å². The maximum Gasteiger partial charge on any atom is 0.323 e. The van der Waals surface area contributed by atoms with Crippen molar-refractivity contribution in [3.05, 3.63) is 0 Å². The monoisotopic (exact) mass is 269 g/mol. The van der Waals surface area contributed by atoms with Gasteiger partial charge in [0.2, 0.25) is 0 Å². The second-order valence-corrected chi connectivity index (χ2v) is 5.80. The summed E-state index contributed by atoms with van der Waals surface area (Å²) in [5.74, 6) is -0.0233. The number of piperidine rings is 1. The number of likely N-dealkylation sites (tertiary alicyclic amines) is 1. The largest absolute Gasteiger partial charge is 0.465 e. The van der Waals surface area contributed by atoms with Gasteiger partial charge >= 0.3 is 5.97 Å². The molecule has 1 saturated heterocycles. The number of nitrogens with zero attached hydrogens (tertiary/aromatic N) is 1. The van der Waals surface area contributed by atoms with Crippen LogP contribution in [0, 0.1) is 5.41 Å². The number of ether oxygens (including phenoxy) is 1. The minimum atomic E-state index is -0.0233. The molecule has 0 aromatic carbocycles. The zero-order valence-electron chi connectivity index (χ0n) is 13.2. The van der Waals surface area contributed by atoms with Crippen LogP contribution in [0.1, 0.15) is 66.2 Å². The molecule has 0 amide bonds. The molecule has 0 aromatic rings. The van der Waals surface area contributed by atoms with Crippen LogP contribution in [-0.2, 0) is 9.53 Å². The number of hydrogen-bond acceptors (Lipinski definition) is 3. The summed E-state index contributed by atoms with van der Waals surface area (Å²) in [6.07, 6.45) is 6.92. The van der Waals surface area contributed by atoms with E-state index in [1.807, 2.05) is 6.92 Å². The van der Waals surface area contributed by atoms with Crippen LogP contribution in [-0.4, -0.2) is 36.6 Å². The smallest absolute Gasteiger partial charge is 0.323 e. The molecule has 0 spiro atoms. The van der Waals surface area contributed by atoms with Gasteiger partial charge in [-0.3, -0.25) is 9.69 Å². The molecule has 3 heteroatoms. The maximum atomic E-state index is 12.1. The second kappa shape index (κ2) is 7.88. The zero-order chi connectivity index (χ0) is 14.3. The maximum absolute atomic E-state index is 12.1. The first kappa shape index (κ1) is 16.5. The third-order valence-electron chi connectivity index (χ3n) is 4.92. The van der Waals surface area contributed by atoms with Gasteiger partial charge in [0.25, 0.3) is 0 Å². The Labute approximate surface area is 118 Å². The molecule has 0 aliphatic carbocycles. The van der Waals surface area contributed by atoms with E-state index in [-0.39, 0.29) is 12.0 Å². The van der Waals surface area contributed by atoms with Crippen LogP contribution in [0.4, 0.5) is 0 Å². The van der Waals surface area contributed by atoms with Crippen molar-refractivity contribution in [3.63, 3.8) is 0 Å². The van der Waals surface area contributed by atoms with Gasteiger partial charge < -0.3 is 4.74 Å². The van der Waals surface area contributed by atoms with Gasteiger partial charge in [0.05, 0.1) is 6.61 Å². The quantitative estimate of drug-likeness (QED) is 0.661. The van der Waals surface area contributed by atoms with Crippen molar-refractivity contribution in [2.45, 2.75) is 72.3 Å². The summed E-state index contributed by atoms with van der Waals surface area (Å²) in [5, 5.41) is 0. The van der Waals surface area contributed by atoms with E-state index >= 15 is 0 Å². The Morgan fingerprint density at radius 3 is 2.16 bits per heavy atom. The molecule has 19 heavy (non-hydrogen) atoms. The molecule has 0 aromatic heterocycles. The number of esters is 1. The number of hydrogen-bond donors (Lipinski definition) is 0. The van der Waals surface area contributed by atoms with Crippen LogP contribution in [0.5, 0.6) is 0 Å². The van der Waals surface area contributed by atoms with Crippen molar-refractivity contribution in [2.24, 2.45) is 5.41 Å². The Balaban J connectivity index is 2.61. The summed E-state index contributed by atoms with van der Waals surface area (Å²) in [6.45, 7) is 11.2. The van der Waals surface area contributed by atoms with E-state index < -0.39 is 0 Å². The topological polar surface area (TPSA) is 29.5 Å². The Morgan fingerprint density at radius 2 is 1.74 bits per heavy atom. The van der Waals surface area contributed by atoms with Gasteiger partial charge in [-0.25, -0.2) is 0 Å². The Hall–Kier alpha value is -0.570. The average Bonchev–Trinajstić information content (AvgIpc) is 2.45. The number of carbonyl (C=O) groups excluding carboxylic acids is 1. The molecule has 3 nitrogen and oxygen atoms in total. The lowest BCUT2D eigenvalue weighted by atomic mass is 9.74. The van der Waals surface area contributed by atoms with Gasteiger partial charge in [-0.05, 0) is 44.7 Å². The van der Waals surface area contributed by atoms with Crippen LogP contribution in [0.2, 0.25) is 0 Å². The molecule has 0 bridgehead atoms. The van der Waals surface area contributed by atoms with Gasteiger partial charge in [-0.1, -0.05) is 40.0 Å². The van der Waals surface area contributed by atoms with Crippen LogP contribution < -0.4 is 0 Å². The van der Waals surface area contributed by atoms with Gasteiger partial charge in [0, 0.05) is 0 Å². The summed E-state index contributed by atoms with van der Waals surface area (Å²) in [5.41, 5.74) is 0.516. The summed E-state index contributed by atoms with van der Waals surface area (Å²) < 4.78 is 5.23. The second-order valence-electron chi connectivity index (χ2n) is 5.80. The van der Waals surface area contributed by atoms with Gasteiger partial charge in [0.15, 0.2) is 0 Å². The molecule has 1 atom stereocenters. The fraction of sp³-hybridized carbons (Fsp3) is 0.938. The van der Waals surface area contributed by atoms with E-state index in [1.54, 1.807) is 0 Å². The summed E-state index contributed by atoms with van der Waals surface area (Å²) in [6, 6.07) is -0.0170. The fourth-order valence-corrected chi connectivity index (χ4v) is 3.23. The number of rotatable bonds is 7. The van der Waals surface area contributed by atoms with E-state index in [2.05, 4.69) is 25.7 Å². The molecule has 1 fully saturated rings. The van der Waals surface area contributed by atoms with Crippen LogP contribution >= 0.6 is 0 Å². The lowest BCUT2D eigenvalue weighted by Crippen LogP contribution is -2.48. The van der Waals surface area contributed by atoms with Gasteiger partial charge in [-0.15, -0.1) is 0 Å². The predicted molar refractivity (Wildman–Crippen MR) is 79.2 cm³/mol. The normalized spacial score (nSPS) is 21.1. The van der Waals surface area contributed by atoms with E-state index in [0.29, 0.717) is 12.0 Å². The summed E-state index contributed by atoms with van der Waals surface area (Å²) >= 11 is 0. The summed E-state index contributed by atoms with van der Waals surface area (Å²) in [4.78, 5) is 14.4. The Kier molecular flexibility index (Phi) is 6.84. The molecular weight excluding hydrogens is 238 g/mol.